The Balaban J connectivity index is 2.20. The van der Waals surface area contributed by atoms with Gasteiger partial charge in [0.05, 0.1) is 6.10 Å². The molecule has 0 radical (unpaired) electrons. The van der Waals surface area contributed by atoms with Gasteiger partial charge in [0.15, 0.2) is 0 Å². The van der Waals surface area contributed by atoms with Crippen molar-refractivity contribution >= 4 is 11.6 Å². The second kappa shape index (κ2) is 3.56. The van der Waals surface area contributed by atoms with Crippen molar-refractivity contribution in [3.63, 3.8) is 0 Å². The predicted octanol–water partition coefficient (Wildman–Crippen LogP) is 3.34. The van der Waals surface area contributed by atoms with Crippen LogP contribution in [0, 0.1) is 18.8 Å². The zero-order valence-electron chi connectivity index (χ0n) is 8.50. The Morgan fingerprint density at radius 3 is 2.64 bits per heavy atom. The van der Waals surface area contributed by atoms with Gasteiger partial charge in [-0.05, 0) is 42.4 Å². The number of benzene rings is 1. The molecule has 0 amide bonds. The summed E-state index contributed by atoms with van der Waals surface area (Å²) in [4.78, 5) is 0. The molecule has 1 fully saturated rings. The molecule has 0 heterocycles. The van der Waals surface area contributed by atoms with E-state index in [9.17, 15) is 5.11 Å². The number of halogens is 1. The summed E-state index contributed by atoms with van der Waals surface area (Å²) in [5, 5.41) is 10.7. The van der Waals surface area contributed by atoms with Gasteiger partial charge in [-0.25, -0.2) is 0 Å². The second-order valence-corrected chi connectivity index (χ2v) is 4.74. The molecule has 2 rings (SSSR count). The highest BCUT2D eigenvalue weighted by Crippen LogP contribution is 2.47. The van der Waals surface area contributed by atoms with E-state index in [0.29, 0.717) is 11.8 Å². The number of aliphatic hydroxyl groups is 1. The van der Waals surface area contributed by atoms with Crippen LogP contribution in [0.4, 0.5) is 0 Å². The third-order valence-corrected chi connectivity index (χ3v) is 3.52. The van der Waals surface area contributed by atoms with Crippen molar-refractivity contribution in [3.8, 4) is 0 Å². The molecular weight excluding hydrogens is 196 g/mol. The summed E-state index contributed by atoms with van der Waals surface area (Å²) in [5.41, 5.74) is 2.02. The minimum atomic E-state index is -0.330. The van der Waals surface area contributed by atoms with Crippen LogP contribution in [0.25, 0.3) is 0 Å². The van der Waals surface area contributed by atoms with E-state index >= 15 is 0 Å². The van der Waals surface area contributed by atoms with Gasteiger partial charge in [-0.3, -0.25) is 0 Å². The molecule has 3 atom stereocenters. The van der Waals surface area contributed by atoms with Gasteiger partial charge in [-0.1, -0.05) is 30.7 Å². The molecule has 1 saturated carbocycles. The second-order valence-electron chi connectivity index (χ2n) is 4.33. The van der Waals surface area contributed by atoms with Crippen LogP contribution in [0.1, 0.15) is 30.6 Å². The Kier molecular flexibility index (Phi) is 2.54. The Hall–Kier alpha value is -0.530. The lowest BCUT2D eigenvalue weighted by atomic mass is 10.0. The summed E-state index contributed by atoms with van der Waals surface area (Å²) >= 11 is 6.01. The summed E-state index contributed by atoms with van der Waals surface area (Å²) in [6.07, 6.45) is 0.801. The van der Waals surface area contributed by atoms with Crippen LogP contribution < -0.4 is 0 Å². The Bertz CT molecular complexity index is 348. The molecule has 0 saturated heterocycles. The average Bonchev–Trinajstić information content (AvgIpc) is 2.86. The summed E-state index contributed by atoms with van der Waals surface area (Å²) in [5.74, 6) is 1.10. The first-order valence-electron chi connectivity index (χ1n) is 5.03. The Morgan fingerprint density at radius 2 is 2.14 bits per heavy atom. The zero-order chi connectivity index (χ0) is 10.3. The van der Waals surface area contributed by atoms with Crippen molar-refractivity contribution in [2.75, 3.05) is 0 Å². The van der Waals surface area contributed by atoms with Gasteiger partial charge in [0.2, 0.25) is 0 Å². The highest BCUT2D eigenvalue weighted by atomic mass is 35.5. The molecule has 1 nitrogen and oxygen atoms in total. The van der Waals surface area contributed by atoms with Gasteiger partial charge in [-0.15, -0.1) is 0 Å². The lowest BCUT2D eigenvalue weighted by molar-refractivity contribution is 0.148. The van der Waals surface area contributed by atoms with E-state index in [2.05, 4.69) is 6.92 Å². The van der Waals surface area contributed by atoms with Crippen molar-refractivity contribution < 1.29 is 5.11 Å². The molecule has 1 aliphatic rings. The van der Waals surface area contributed by atoms with Crippen LogP contribution in [-0.2, 0) is 0 Å². The number of hydrogen-bond donors (Lipinski definition) is 1. The SMILES string of the molecule is Cc1ccc(C(O)C2CC2C)cc1Cl. The quantitative estimate of drug-likeness (QED) is 0.794. The van der Waals surface area contributed by atoms with Gasteiger partial charge in [-0.2, -0.15) is 0 Å². The van der Waals surface area contributed by atoms with Crippen molar-refractivity contribution in [3.05, 3.63) is 34.3 Å². The Morgan fingerprint density at radius 1 is 1.50 bits per heavy atom. The molecule has 0 spiro atoms. The fraction of sp³-hybridized carbons (Fsp3) is 0.500. The number of aryl methyl sites for hydroxylation is 1. The fourth-order valence-electron chi connectivity index (χ4n) is 1.83. The van der Waals surface area contributed by atoms with Gasteiger partial charge >= 0.3 is 0 Å². The minimum absolute atomic E-state index is 0.330. The molecule has 3 unspecified atom stereocenters. The van der Waals surface area contributed by atoms with Crippen molar-refractivity contribution in [2.24, 2.45) is 11.8 Å². The van der Waals surface area contributed by atoms with Gasteiger partial charge in [0.25, 0.3) is 0 Å². The molecule has 14 heavy (non-hydrogen) atoms. The lowest BCUT2D eigenvalue weighted by Gasteiger charge is -2.11. The van der Waals surface area contributed by atoms with E-state index in [1.54, 1.807) is 0 Å². The maximum atomic E-state index is 9.99. The largest absolute Gasteiger partial charge is 0.388 e. The summed E-state index contributed by atoms with van der Waals surface area (Å²) in [6.45, 7) is 4.14. The average molecular weight is 211 g/mol. The molecular formula is C12H15ClO. The maximum Gasteiger partial charge on any atom is 0.0821 e. The van der Waals surface area contributed by atoms with Crippen molar-refractivity contribution in [1.29, 1.82) is 0 Å². The van der Waals surface area contributed by atoms with E-state index in [-0.39, 0.29) is 6.10 Å². The molecule has 2 heteroatoms. The zero-order valence-corrected chi connectivity index (χ0v) is 9.25. The van der Waals surface area contributed by atoms with Crippen LogP contribution in [0.5, 0.6) is 0 Å². The highest BCUT2D eigenvalue weighted by Gasteiger charge is 2.39. The van der Waals surface area contributed by atoms with Gasteiger partial charge in [0.1, 0.15) is 0 Å². The van der Waals surface area contributed by atoms with Crippen molar-refractivity contribution in [1.82, 2.24) is 0 Å². The summed E-state index contributed by atoms with van der Waals surface area (Å²) < 4.78 is 0. The van der Waals surface area contributed by atoms with E-state index in [1.165, 1.54) is 0 Å². The summed E-state index contributed by atoms with van der Waals surface area (Å²) in [6, 6.07) is 5.82. The minimum Gasteiger partial charge on any atom is -0.388 e. The van der Waals surface area contributed by atoms with Crippen molar-refractivity contribution in [2.45, 2.75) is 26.4 Å². The number of hydrogen-bond acceptors (Lipinski definition) is 1. The first-order chi connectivity index (χ1) is 6.59. The van der Waals surface area contributed by atoms with Crippen LogP contribution in [0.3, 0.4) is 0 Å². The van der Waals surface area contributed by atoms with Crippen LogP contribution in [0.15, 0.2) is 18.2 Å². The first kappa shape index (κ1) is 10.0. The molecule has 1 aromatic carbocycles. The predicted molar refractivity (Wildman–Crippen MR) is 58.4 cm³/mol. The summed E-state index contributed by atoms with van der Waals surface area (Å²) in [7, 11) is 0. The molecule has 1 aliphatic carbocycles. The first-order valence-corrected chi connectivity index (χ1v) is 5.41. The van der Waals surface area contributed by atoms with Gasteiger partial charge < -0.3 is 5.11 Å². The fourth-order valence-corrected chi connectivity index (χ4v) is 2.02. The van der Waals surface area contributed by atoms with Crippen LogP contribution in [0.2, 0.25) is 5.02 Å². The highest BCUT2D eigenvalue weighted by molar-refractivity contribution is 6.31. The topological polar surface area (TPSA) is 20.2 Å². The van der Waals surface area contributed by atoms with E-state index < -0.39 is 0 Å². The number of rotatable bonds is 2. The van der Waals surface area contributed by atoms with E-state index in [4.69, 9.17) is 11.6 Å². The molecule has 76 valence electrons. The molecule has 0 aromatic heterocycles. The molecule has 0 bridgehead atoms. The standard InChI is InChI=1S/C12H15ClO/c1-7-3-4-9(6-11(7)13)12(14)10-5-8(10)2/h3-4,6,8,10,12,14H,5H2,1-2H3. The van der Waals surface area contributed by atoms with E-state index in [0.717, 1.165) is 22.6 Å². The maximum absolute atomic E-state index is 9.99. The lowest BCUT2D eigenvalue weighted by Crippen LogP contribution is -2.01. The third-order valence-electron chi connectivity index (χ3n) is 3.11. The smallest absolute Gasteiger partial charge is 0.0821 e. The molecule has 1 aromatic rings. The van der Waals surface area contributed by atoms with Gasteiger partial charge in [0, 0.05) is 5.02 Å². The van der Waals surface area contributed by atoms with Crippen LogP contribution >= 0.6 is 11.6 Å². The van der Waals surface area contributed by atoms with E-state index in [1.807, 2.05) is 25.1 Å². The van der Waals surface area contributed by atoms with Crippen LogP contribution in [-0.4, -0.2) is 5.11 Å². The molecule has 0 aliphatic heterocycles. The third kappa shape index (κ3) is 1.79. The monoisotopic (exact) mass is 210 g/mol. The number of aliphatic hydroxyl groups excluding tert-OH is 1. The Labute approximate surface area is 89.7 Å². The normalized spacial score (nSPS) is 27.4. The molecule has 1 N–H and O–H groups in total.